The van der Waals surface area contributed by atoms with E-state index < -0.39 is 11.2 Å². The first-order valence-corrected chi connectivity index (χ1v) is 12.7. The van der Waals surface area contributed by atoms with Gasteiger partial charge >= 0.3 is 0 Å². The van der Waals surface area contributed by atoms with Crippen molar-refractivity contribution >= 4 is 16.9 Å². The second kappa shape index (κ2) is 8.79. The summed E-state index contributed by atoms with van der Waals surface area (Å²) in [5.41, 5.74) is 4.28. The molecule has 0 N–H and O–H groups in total. The fourth-order valence-electron chi connectivity index (χ4n) is 4.68. The van der Waals surface area contributed by atoms with Gasteiger partial charge < -0.3 is 14.2 Å². The Morgan fingerprint density at radius 3 is 2.75 bits per heavy atom. The Hall–Kier alpha value is -2.51. The van der Waals surface area contributed by atoms with Crippen molar-refractivity contribution in [3.05, 3.63) is 60.2 Å². The van der Waals surface area contributed by atoms with Gasteiger partial charge in [0.05, 0.1) is 12.2 Å². The van der Waals surface area contributed by atoms with Gasteiger partial charge in [0.25, 0.3) is 0 Å². The zero-order valence-corrected chi connectivity index (χ0v) is 19.3. The Balaban J connectivity index is 1.55. The number of fused-ring (bicyclic) bond motifs is 1. The minimum absolute atomic E-state index is 0.171. The Labute approximate surface area is 191 Å². The molecule has 1 saturated heterocycles. The van der Waals surface area contributed by atoms with E-state index in [9.17, 15) is 8.94 Å². The van der Waals surface area contributed by atoms with E-state index in [1.807, 2.05) is 17.1 Å². The van der Waals surface area contributed by atoms with E-state index in [4.69, 9.17) is 4.74 Å². The highest BCUT2D eigenvalue weighted by molar-refractivity contribution is 7.91. The molecule has 3 aromatic rings. The summed E-state index contributed by atoms with van der Waals surface area (Å²) in [6, 6.07) is 11.0. The van der Waals surface area contributed by atoms with E-state index in [0.29, 0.717) is 17.5 Å². The largest absolute Gasteiger partial charge is 0.616 e. The van der Waals surface area contributed by atoms with Crippen molar-refractivity contribution in [2.75, 3.05) is 23.5 Å². The highest BCUT2D eigenvalue weighted by atomic mass is 32.2. The minimum atomic E-state index is -0.770. The zero-order valence-electron chi connectivity index (χ0n) is 18.5. The van der Waals surface area contributed by atoms with Crippen molar-refractivity contribution in [2.45, 2.75) is 44.7 Å². The molecule has 0 spiro atoms. The normalized spacial score (nSPS) is 23.1. The van der Waals surface area contributed by atoms with Crippen LogP contribution in [-0.4, -0.2) is 38.9 Å². The molecule has 32 heavy (non-hydrogen) atoms. The molecule has 5 rings (SSSR count). The van der Waals surface area contributed by atoms with Gasteiger partial charge in [0.2, 0.25) is 0 Å². The number of halogens is 1. The average Bonchev–Trinajstić information content (AvgIpc) is 3.28. The lowest BCUT2D eigenvalue weighted by Gasteiger charge is -2.35. The second-order valence-corrected chi connectivity index (χ2v) is 10.4. The lowest BCUT2D eigenvalue weighted by atomic mass is 9.93. The molecule has 3 atom stereocenters. The highest BCUT2D eigenvalue weighted by Gasteiger charge is 2.28. The van der Waals surface area contributed by atoms with E-state index in [0.717, 1.165) is 48.3 Å². The highest BCUT2D eigenvalue weighted by Crippen LogP contribution is 2.44. The first kappa shape index (κ1) is 21.3. The minimum Gasteiger partial charge on any atom is -0.616 e. The van der Waals surface area contributed by atoms with Crippen molar-refractivity contribution < 1.29 is 13.7 Å². The van der Waals surface area contributed by atoms with E-state index in [-0.39, 0.29) is 11.9 Å². The molecule has 1 fully saturated rings. The molecule has 168 valence electrons. The van der Waals surface area contributed by atoms with E-state index in [1.165, 1.54) is 23.4 Å². The lowest BCUT2D eigenvalue weighted by molar-refractivity contribution is 0.435. The Morgan fingerprint density at radius 2 is 1.97 bits per heavy atom. The Bertz CT molecular complexity index is 1100. The maximum Gasteiger partial charge on any atom is 0.140 e. The summed E-state index contributed by atoms with van der Waals surface area (Å²) in [5.74, 6) is 2.58. The zero-order chi connectivity index (χ0) is 22.2. The second-order valence-electron chi connectivity index (χ2n) is 8.81. The Kier molecular flexibility index (Phi) is 5.86. The molecule has 0 amide bonds. The van der Waals surface area contributed by atoms with Crippen LogP contribution in [0.5, 0.6) is 11.5 Å². The van der Waals surface area contributed by atoms with Gasteiger partial charge in [-0.15, -0.1) is 0 Å². The van der Waals surface area contributed by atoms with E-state index in [2.05, 4.69) is 36.1 Å². The first-order chi connectivity index (χ1) is 15.5. The first-order valence-electron chi connectivity index (χ1n) is 11.2. The maximum absolute atomic E-state index is 13.4. The van der Waals surface area contributed by atoms with Crippen LogP contribution in [0.3, 0.4) is 0 Å². The molecule has 0 bridgehead atoms. The van der Waals surface area contributed by atoms with Crippen molar-refractivity contribution in [3.8, 4) is 22.6 Å². The molecule has 2 aromatic carbocycles. The summed E-state index contributed by atoms with van der Waals surface area (Å²) in [4.78, 5) is 2.29. The molecule has 2 aliphatic rings. The Morgan fingerprint density at radius 1 is 1.16 bits per heavy atom. The quantitative estimate of drug-likeness (QED) is 0.501. The van der Waals surface area contributed by atoms with Gasteiger partial charge in [0, 0.05) is 41.7 Å². The molecule has 5 nitrogen and oxygen atoms in total. The summed E-state index contributed by atoms with van der Waals surface area (Å²) in [6.45, 7) is 2.23. The fraction of sp³-hybridized carbons (Fsp3) is 0.400. The molecule has 3 unspecified atom stereocenters. The van der Waals surface area contributed by atoms with Crippen LogP contribution in [0.1, 0.15) is 37.8 Å². The van der Waals surface area contributed by atoms with Crippen LogP contribution in [-0.2, 0) is 17.6 Å². The summed E-state index contributed by atoms with van der Waals surface area (Å²) >= 11 is -0.770. The SMILES string of the molecule is CC1CCc2c(ccc(-c3cnn(C4CCC[S+]([O-])C4)c3)c2Oc2ccc(F)cc2)N1C. The molecule has 1 aromatic heterocycles. The number of hydrogen-bond donors (Lipinski definition) is 0. The standard InChI is InChI=1S/C25H28FN3O2S/c1-17-5-10-23-24(28(17)2)12-11-22(25(23)31-21-8-6-19(26)7-9-21)18-14-27-29(15-18)20-4-3-13-32(30)16-20/h6-9,11-12,14-15,17,20H,3-5,10,13,16H2,1-2H3. The van der Waals surface area contributed by atoms with Crippen LogP contribution in [0.4, 0.5) is 10.1 Å². The molecule has 0 aliphatic carbocycles. The maximum atomic E-state index is 13.4. The van der Waals surface area contributed by atoms with Crippen molar-refractivity contribution in [2.24, 2.45) is 0 Å². The van der Waals surface area contributed by atoms with Crippen LogP contribution in [0.2, 0.25) is 0 Å². The summed E-state index contributed by atoms with van der Waals surface area (Å²) in [6.07, 6.45) is 7.84. The van der Waals surface area contributed by atoms with Gasteiger partial charge in [-0.05, 0) is 69.0 Å². The molecule has 3 heterocycles. The molecule has 0 radical (unpaired) electrons. The number of aromatic nitrogens is 2. The number of hydrogen-bond acceptors (Lipinski definition) is 4. The van der Waals surface area contributed by atoms with Crippen LogP contribution >= 0.6 is 0 Å². The number of nitrogens with zero attached hydrogens (tertiary/aromatic N) is 3. The third-order valence-electron chi connectivity index (χ3n) is 6.70. The molecule has 2 aliphatic heterocycles. The molecule has 7 heteroatoms. The summed E-state index contributed by atoms with van der Waals surface area (Å²) in [5, 5.41) is 4.62. The monoisotopic (exact) mass is 453 g/mol. The summed E-state index contributed by atoms with van der Waals surface area (Å²) in [7, 11) is 2.12. The van der Waals surface area contributed by atoms with Gasteiger partial charge in [0.1, 0.15) is 28.8 Å². The predicted octanol–water partition coefficient (Wildman–Crippen LogP) is 5.34. The van der Waals surface area contributed by atoms with Gasteiger partial charge in [-0.3, -0.25) is 4.68 Å². The lowest BCUT2D eigenvalue weighted by Crippen LogP contribution is -2.33. The van der Waals surface area contributed by atoms with E-state index >= 15 is 0 Å². The van der Waals surface area contributed by atoms with Crippen molar-refractivity contribution in [3.63, 3.8) is 0 Å². The predicted molar refractivity (Wildman–Crippen MR) is 126 cm³/mol. The van der Waals surface area contributed by atoms with Crippen LogP contribution < -0.4 is 9.64 Å². The van der Waals surface area contributed by atoms with Crippen molar-refractivity contribution in [1.82, 2.24) is 9.78 Å². The average molecular weight is 454 g/mol. The number of ether oxygens (including phenoxy) is 1. The molecular weight excluding hydrogens is 425 g/mol. The van der Waals surface area contributed by atoms with E-state index in [1.54, 1.807) is 12.1 Å². The van der Waals surface area contributed by atoms with Crippen LogP contribution in [0.15, 0.2) is 48.8 Å². The molecular formula is C25H28FN3O2S. The van der Waals surface area contributed by atoms with Crippen LogP contribution in [0, 0.1) is 5.82 Å². The van der Waals surface area contributed by atoms with Crippen LogP contribution in [0.25, 0.3) is 11.1 Å². The smallest absolute Gasteiger partial charge is 0.140 e. The fourth-order valence-corrected chi connectivity index (χ4v) is 6.09. The number of benzene rings is 2. The topological polar surface area (TPSA) is 53.4 Å². The van der Waals surface area contributed by atoms with Gasteiger partial charge in [-0.2, -0.15) is 5.10 Å². The number of rotatable bonds is 4. The van der Waals surface area contributed by atoms with Gasteiger partial charge in [0.15, 0.2) is 0 Å². The van der Waals surface area contributed by atoms with Gasteiger partial charge in [-0.25, -0.2) is 4.39 Å². The summed E-state index contributed by atoms with van der Waals surface area (Å²) < 4.78 is 33.8. The van der Waals surface area contributed by atoms with Crippen molar-refractivity contribution in [1.29, 1.82) is 0 Å². The third-order valence-corrected chi connectivity index (χ3v) is 8.20. The van der Waals surface area contributed by atoms with Gasteiger partial charge in [-0.1, -0.05) is 11.2 Å². The molecule has 0 saturated carbocycles. The third kappa shape index (κ3) is 4.11. The number of anilines is 1.